The third kappa shape index (κ3) is 3.57. The molecule has 1 aromatic rings. The van der Waals surface area contributed by atoms with E-state index in [4.69, 9.17) is 0 Å². The number of benzene rings is 1. The molecule has 0 radical (unpaired) electrons. The lowest BCUT2D eigenvalue weighted by Crippen LogP contribution is -2.34. The second-order valence-electron chi connectivity index (χ2n) is 5.89. The molecule has 1 fully saturated rings. The van der Waals surface area contributed by atoms with E-state index in [9.17, 15) is 10.1 Å². The van der Waals surface area contributed by atoms with E-state index in [2.05, 4.69) is 12.2 Å². The number of hydrogen-bond acceptors (Lipinski definition) is 3. The minimum absolute atomic E-state index is 0.217. The minimum atomic E-state index is -0.302. The Morgan fingerprint density at radius 2 is 2.05 bits per heavy atom. The molecule has 110 valence electrons. The van der Waals surface area contributed by atoms with Crippen LogP contribution in [-0.2, 0) is 6.54 Å². The first-order chi connectivity index (χ1) is 9.59. The molecule has 0 saturated heterocycles. The standard InChI is InChI=1S/C16H24N2O2/c1-12-15(9-6-10-16(12)18(19)20)11-17-13(2)14-7-4-3-5-8-14/h6,9-10,13-14,17H,3-5,7-8,11H2,1-2H3/t13-/m0/s1. The van der Waals surface area contributed by atoms with Crippen molar-refractivity contribution < 1.29 is 4.92 Å². The van der Waals surface area contributed by atoms with Gasteiger partial charge in [0.2, 0.25) is 0 Å². The van der Waals surface area contributed by atoms with Gasteiger partial charge in [-0.25, -0.2) is 0 Å². The van der Waals surface area contributed by atoms with E-state index in [1.54, 1.807) is 12.1 Å². The molecule has 1 aromatic carbocycles. The van der Waals surface area contributed by atoms with Crippen molar-refractivity contribution in [2.75, 3.05) is 0 Å². The second kappa shape index (κ2) is 6.84. The highest BCUT2D eigenvalue weighted by molar-refractivity contribution is 5.44. The number of nitro benzene ring substituents is 1. The maximum atomic E-state index is 10.9. The Balaban J connectivity index is 1.96. The Labute approximate surface area is 120 Å². The maximum absolute atomic E-state index is 10.9. The number of rotatable bonds is 5. The largest absolute Gasteiger partial charge is 0.310 e. The Morgan fingerprint density at radius 1 is 1.35 bits per heavy atom. The lowest BCUT2D eigenvalue weighted by molar-refractivity contribution is -0.385. The van der Waals surface area contributed by atoms with Crippen LogP contribution in [0.15, 0.2) is 18.2 Å². The van der Waals surface area contributed by atoms with Gasteiger partial charge in [-0.05, 0) is 38.2 Å². The van der Waals surface area contributed by atoms with E-state index < -0.39 is 0 Å². The van der Waals surface area contributed by atoms with Gasteiger partial charge < -0.3 is 5.32 Å². The summed E-state index contributed by atoms with van der Waals surface area (Å²) in [5.41, 5.74) is 2.03. The van der Waals surface area contributed by atoms with E-state index in [-0.39, 0.29) is 10.6 Å². The van der Waals surface area contributed by atoms with Gasteiger partial charge >= 0.3 is 0 Å². The van der Waals surface area contributed by atoms with Gasteiger partial charge in [0.1, 0.15) is 0 Å². The number of hydrogen-bond donors (Lipinski definition) is 1. The molecular formula is C16H24N2O2. The molecule has 20 heavy (non-hydrogen) atoms. The van der Waals surface area contributed by atoms with Gasteiger partial charge in [-0.2, -0.15) is 0 Å². The molecule has 4 heteroatoms. The Kier molecular flexibility index (Phi) is 5.12. The van der Waals surface area contributed by atoms with Crippen molar-refractivity contribution >= 4 is 5.69 Å². The first kappa shape index (κ1) is 15.0. The van der Waals surface area contributed by atoms with Crippen molar-refractivity contribution in [3.05, 3.63) is 39.4 Å². The minimum Gasteiger partial charge on any atom is -0.310 e. The van der Waals surface area contributed by atoms with E-state index in [0.29, 0.717) is 12.6 Å². The smallest absolute Gasteiger partial charge is 0.272 e. The van der Waals surface area contributed by atoms with Crippen LogP contribution in [0.25, 0.3) is 0 Å². The molecule has 0 aromatic heterocycles. The van der Waals surface area contributed by atoms with Crippen LogP contribution in [0.3, 0.4) is 0 Å². The van der Waals surface area contributed by atoms with E-state index in [0.717, 1.165) is 17.0 Å². The van der Waals surface area contributed by atoms with Crippen LogP contribution in [-0.4, -0.2) is 11.0 Å². The van der Waals surface area contributed by atoms with E-state index in [1.807, 2.05) is 13.0 Å². The zero-order valence-corrected chi connectivity index (χ0v) is 12.4. The van der Waals surface area contributed by atoms with Gasteiger partial charge in [0.05, 0.1) is 4.92 Å². The summed E-state index contributed by atoms with van der Waals surface area (Å²) in [5, 5.41) is 14.5. The second-order valence-corrected chi connectivity index (χ2v) is 5.89. The van der Waals surface area contributed by atoms with Crippen molar-refractivity contribution in [3.8, 4) is 0 Å². The summed E-state index contributed by atoms with van der Waals surface area (Å²) in [7, 11) is 0. The zero-order chi connectivity index (χ0) is 14.5. The zero-order valence-electron chi connectivity index (χ0n) is 12.4. The Hall–Kier alpha value is -1.42. The molecule has 0 amide bonds. The Bertz CT molecular complexity index is 468. The Morgan fingerprint density at radius 3 is 2.70 bits per heavy atom. The van der Waals surface area contributed by atoms with Gasteiger partial charge in [-0.15, -0.1) is 0 Å². The molecule has 1 N–H and O–H groups in total. The highest BCUT2D eigenvalue weighted by Gasteiger charge is 2.20. The monoisotopic (exact) mass is 276 g/mol. The number of nitrogens with zero attached hydrogens (tertiary/aromatic N) is 1. The van der Waals surface area contributed by atoms with Gasteiger partial charge in [0.15, 0.2) is 0 Å². The predicted octanol–water partition coefficient (Wildman–Crippen LogP) is 3.96. The van der Waals surface area contributed by atoms with Gasteiger partial charge in [0.25, 0.3) is 5.69 Å². The summed E-state index contributed by atoms with van der Waals surface area (Å²) in [6.45, 7) is 4.79. The van der Waals surface area contributed by atoms with Crippen molar-refractivity contribution in [2.45, 2.75) is 58.5 Å². The average Bonchev–Trinajstić information content (AvgIpc) is 2.46. The molecule has 0 heterocycles. The number of nitro groups is 1. The summed E-state index contributed by atoms with van der Waals surface area (Å²) in [5.74, 6) is 0.753. The molecule has 1 atom stereocenters. The summed E-state index contributed by atoms with van der Waals surface area (Å²) >= 11 is 0. The summed E-state index contributed by atoms with van der Waals surface area (Å²) in [6.07, 6.45) is 6.66. The molecule has 0 unspecified atom stereocenters. The molecule has 0 aliphatic heterocycles. The summed E-state index contributed by atoms with van der Waals surface area (Å²) in [6, 6.07) is 5.80. The third-order valence-corrected chi connectivity index (χ3v) is 4.59. The molecule has 1 saturated carbocycles. The van der Waals surface area contributed by atoms with Gasteiger partial charge in [-0.3, -0.25) is 10.1 Å². The molecule has 4 nitrogen and oxygen atoms in total. The van der Waals surface area contributed by atoms with Crippen LogP contribution in [0.4, 0.5) is 5.69 Å². The van der Waals surface area contributed by atoms with Crippen LogP contribution >= 0.6 is 0 Å². The fourth-order valence-electron chi connectivity index (χ4n) is 3.13. The quantitative estimate of drug-likeness (QED) is 0.654. The third-order valence-electron chi connectivity index (χ3n) is 4.59. The predicted molar refractivity (Wildman–Crippen MR) is 80.7 cm³/mol. The molecular weight excluding hydrogens is 252 g/mol. The van der Waals surface area contributed by atoms with Crippen LogP contribution < -0.4 is 5.32 Å². The van der Waals surface area contributed by atoms with Crippen LogP contribution in [0, 0.1) is 23.0 Å². The molecule has 0 bridgehead atoms. The van der Waals surface area contributed by atoms with Gasteiger partial charge in [-0.1, -0.05) is 31.4 Å². The lowest BCUT2D eigenvalue weighted by Gasteiger charge is -2.28. The first-order valence-electron chi connectivity index (χ1n) is 7.56. The molecule has 0 spiro atoms. The fourth-order valence-corrected chi connectivity index (χ4v) is 3.13. The van der Waals surface area contributed by atoms with Crippen LogP contribution in [0.1, 0.15) is 50.2 Å². The lowest BCUT2D eigenvalue weighted by atomic mass is 9.84. The van der Waals surface area contributed by atoms with Crippen molar-refractivity contribution in [2.24, 2.45) is 5.92 Å². The highest BCUT2D eigenvalue weighted by atomic mass is 16.6. The molecule has 1 aliphatic carbocycles. The topological polar surface area (TPSA) is 55.2 Å². The summed E-state index contributed by atoms with van der Waals surface area (Å²) in [4.78, 5) is 10.6. The van der Waals surface area contributed by atoms with Crippen molar-refractivity contribution in [1.82, 2.24) is 5.32 Å². The van der Waals surface area contributed by atoms with Crippen LogP contribution in [0.5, 0.6) is 0 Å². The van der Waals surface area contributed by atoms with Crippen molar-refractivity contribution in [1.29, 1.82) is 0 Å². The average molecular weight is 276 g/mol. The normalized spacial score (nSPS) is 17.9. The molecule has 1 aliphatic rings. The molecule has 2 rings (SSSR count). The van der Waals surface area contributed by atoms with E-state index >= 15 is 0 Å². The van der Waals surface area contributed by atoms with E-state index in [1.165, 1.54) is 32.1 Å². The van der Waals surface area contributed by atoms with Gasteiger partial charge in [0, 0.05) is 24.2 Å². The maximum Gasteiger partial charge on any atom is 0.272 e. The van der Waals surface area contributed by atoms with Crippen LogP contribution in [0.2, 0.25) is 0 Å². The van der Waals surface area contributed by atoms with Crippen molar-refractivity contribution in [3.63, 3.8) is 0 Å². The highest BCUT2D eigenvalue weighted by Crippen LogP contribution is 2.27. The number of nitrogens with one attached hydrogen (secondary N) is 1. The first-order valence-corrected chi connectivity index (χ1v) is 7.56. The SMILES string of the molecule is Cc1c(CN[C@@H](C)C2CCCCC2)cccc1[N+](=O)[O-]. The fraction of sp³-hybridized carbons (Fsp3) is 0.625. The summed E-state index contributed by atoms with van der Waals surface area (Å²) < 4.78 is 0.